The van der Waals surface area contributed by atoms with Crippen LogP contribution in [0.15, 0.2) is 0 Å². The maximum absolute atomic E-state index is 5.69. The molecule has 0 amide bonds. The Morgan fingerprint density at radius 1 is 0.600 bits per heavy atom. The Hall–Kier alpha value is -0.240. The molecular weight excluding hydrogens is 320 g/mol. The fraction of sp³-hybridized carbons (Fsp3) is 1.00. The van der Waals surface area contributed by atoms with E-state index < -0.39 is 0 Å². The largest absolute Gasteiger partial charge is 0.381 e. The number of hydrogen-bond donors (Lipinski definition) is 2. The minimum atomic E-state index is 0.0785. The fourth-order valence-corrected chi connectivity index (χ4v) is 2.16. The van der Waals surface area contributed by atoms with Gasteiger partial charge in [-0.3, -0.25) is 0 Å². The van der Waals surface area contributed by atoms with Crippen molar-refractivity contribution in [1.82, 2.24) is 0 Å². The molecule has 0 radical (unpaired) electrons. The normalized spacial score (nSPS) is 16.6. The quantitative estimate of drug-likeness (QED) is 0.364. The maximum Gasteiger partial charge on any atom is 0.0781 e. The van der Waals surface area contributed by atoms with E-state index >= 15 is 0 Å². The highest BCUT2D eigenvalue weighted by atomic mass is 16.5. The predicted molar refractivity (Wildman–Crippen MR) is 103 cm³/mol. The van der Waals surface area contributed by atoms with E-state index in [-0.39, 0.29) is 18.2 Å². The molecule has 0 aromatic rings. The molecule has 0 aromatic carbocycles. The summed E-state index contributed by atoms with van der Waals surface area (Å²) in [5, 5.41) is 0. The molecular formula is C19H42N2O4. The van der Waals surface area contributed by atoms with Gasteiger partial charge in [0.05, 0.1) is 39.1 Å². The summed E-state index contributed by atoms with van der Waals surface area (Å²) in [6.07, 6.45) is 4.64. The zero-order valence-electron chi connectivity index (χ0n) is 16.9. The van der Waals surface area contributed by atoms with Gasteiger partial charge in [-0.25, -0.2) is 0 Å². The minimum absolute atomic E-state index is 0.0785. The molecule has 4 N–H and O–H groups in total. The van der Waals surface area contributed by atoms with Crippen LogP contribution >= 0.6 is 0 Å². The van der Waals surface area contributed by atoms with Gasteiger partial charge >= 0.3 is 0 Å². The van der Waals surface area contributed by atoms with Crippen molar-refractivity contribution in [2.75, 3.05) is 46.2 Å². The van der Waals surface area contributed by atoms with E-state index in [1.165, 1.54) is 12.8 Å². The summed E-state index contributed by atoms with van der Waals surface area (Å²) < 4.78 is 22.4. The molecule has 4 unspecified atom stereocenters. The lowest BCUT2D eigenvalue weighted by atomic mass is 10.2. The molecule has 0 spiro atoms. The van der Waals surface area contributed by atoms with E-state index in [1.807, 2.05) is 20.8 Å². The molecule has 6 nitrogen and oxygen atoms in total. The van der Waals surface area contributed by atoms with Gasteiger partial charge < -0.3 is 30.4 Å². The molecule has 152 valence electrons. The molecule has 0 aromatic heterocycles. The van der Waals surface area contributed by atoms with E-state index in [2.05, 4.69) is 6.92 Å². The topological polar surface area (TPSA) is 89.0 Å². The van der Waals surface area contributed by atoms with Crippen molar-refractivity contribution in [2.24, 2.45) is 17.4 Å². The third kappa shape index (κ3) is 19.9. The number of nitrogens with two attached hydrogens (primary N) is 2. The van der Waals surface area contributed by atoms with Gasteiger partial charge in [-0.2, -0.15) is 0 Å². The van der Waals surface area contributed by atoms with Crippen LogP contribution in [0, 0.1) is 5.92 Å². The molecule has 0 heterocycles. The first-order valence-electron chi connectivity index (χ1n) is 9.77. The first-order valence-corrected chi connectivity index (χ1v) is 9.77. The molecule has 6 heteroatoms. The van der Waals surface area contributed by atoms with Crippen molar-refractivity contribution in [3.8, 4) is 0 Å². The first-order chi connectivity index (χ1) is 11.9. The molecule has 0 rings (SSSR count). The number of hydrogen-bond acceptors (Lipinski definition) is 6. The zero-order chi connectivity index (χ0) is 18.9. The highest BCUT2D eigenvalue weighted by Crippen LogP contribution is 2.03. The summed E-state index contributed by atoms with van der Waals surface area (Å²) in [5.74, 6) is 0.415. The van der Waals surface area contributed by atoms with Crippen LogP contribution in [0.5, 0.6) is 0 Å². The van der Waals surface area contributed by atoms with Gasteiger partial charge in [-0.15, -0.1) is 0 Å². The van der Waals surface area contributed by atoms with Crippen molar-refractivity contribution in [3.63, 3.8) is 0 Å². The van der Waals surface area contributed by atoms with Gasteiger partial charge in [-0.05, 0) is 33.6 Å². The van der Waals surface area contributed by atoms with Gasteiger partial charge in [0, 0.05) is 31.2 Å². The van der Waals surface area contributed by atoms with Crippen LogP contribution in [0.1, 0.15) is 53.4 Å². The molecule has 4 atom stereocenters. The van der Waals surface area contributed by atoms with Crippen LogP contribution in [-0.2, 0) is 18.9 Å². The summed E-state index contributed by atoms with van der Waals surface area (Å²) >= 11 is 0. The SMILES string of the molecule is CC(N)COCC(C)COCCCCCCOCC(C)OCC(C)N. The summed E-state index contributed by atoms with van der Waals surface area (Å²) in [7, 11) is 0. The molecule has 0 saturated heterocycles. The highest BCUT2D eigenvalue weighted by Gasteiger charge is 2.05. The Balaban J connectivity index is 3.23. The van der Waals surface area contributed by atoms with Crippen molar-refractivity contribution >= 4 is 0 Å². The number of unbranched alkanes of at least 4 members (excludes halogenated alkanes) is 3. The average molecular weight is 363 g/mol. The smallest absolute Gasteiger partial charge is 0.0781 e. The molecule has 0 bridgehead atoms. The van der Waals surface area contributed by atoms with Crippen molar-refractivity contribution in [2.45, 2.75) is 71.6 Å². The fourth-order valence-electron chi connectivity index (χ4n) is 2.16. The summed E-state index contributed by atoms with van der Waals surface area (Å²) in [6.45, 7) is 13.0. The van der Waals surface area contributed by atoms with Gasteiger partial charge in [0.2, 0.25) is 0 Å². The number of ether oxygens (including phenoxy) is 4. The molecule has 0 aliphatic heterocycles. The van der Waals surface area contributed by atoms with Crippen LogP contribution in [-0.4, -0.2) is 64.4 Å². The van der Waals surface area contributed by atoms with Crippen LogP contribution in [0.3, 0.4) is 0 Å². The van der Waals surface area contributed by atoms with Crippen molar-refractivity contribution in [1.29, 1.82) is 0 Å². The van der Waals surface area contributed by atoms with Gasteiger partial charge in [0.25, 0.3) is 0 Å². The third-order valence-electron chi connectivity index (χ3n) is 3.51. The lowest BCUT2D eigenvalue weighted by Crippen LogP contribution is -2.27. The average Bonchev–Trinajstić information content (AvgIpc) is 2.54. The Morgan fingerprint density at radius 2 is 1.12 bits per heavy atom. The van der Waals surface area contributed by atoms with E-state index in [0.717, 1.165) is 32.7 Å². The van der Waals surface area contributed by atoms with E-state index in [0.29, 0.717) is 32.3 Å². The Bertz CT molecular complexity index is 278. The van der Waals surface area contributed by atoms with Crippen molar-refractivity contribution in [3.05, 3.63) is 0 Å². The number of rotatable bonds is 18. The van der Waals surface area contributed by atoms with Crippen LogP contribution < -0.4 is 11.5 Å². The monoisotopic (exact) mass is 362 g/mol. The predicted octanol–water partition coefficient (Wildman–Crippen LogP) is 2.33. The van der Waals surface area contributed by atoms with Gasteiger partial charge in [0.1, 0.15) is 0 Å². The summed E-state index contributed by atoms with van der Waals surface area (Å²) in [4.78, 5) is 0. The molecule has 0 aliphatic rings. The minimum Gasteiger partial charge on any atom is -0.381 e. The zero-order valence-corrected chi connectivity index (χ0v) is 16.9. The maximum atomic E-state index is 5.69. The second kappa shape index (κ2) is 17.2. The van der Waals surface area contributed by atoms with Crippen LogP contribution in [0.2, 0.25) is 0 Å². The second-order valence-corrected chi connectivity index (χ2v) is 7.31. The lowest BCUT2D eigenvalue weighted by Gasteiger charge is -2.15. The second-order valence-electron chi connectivity index (χ2n) is 7.31. The molecule has 25 heavy (non-hydrogen) atoms. The van der Waals surface area contributed by atoms with Crippen LogP contribution in [0.25, 0.3) is 0 Å². The summed E-state index contributed by atoms with van der Waals surface area (Å²) in [5.41, 5.74) is 11.3. The summed E-state index contributed by atoms with van der Waals surface area (Å²) in [6, 6.07) is 0.178. The standard InChI is InChI=1S/C19H42N2O4/c1-16(12-24-13-17(2)20)11-22-9-7-5-6-8-10-23-15-19(4)25-14-18(3)21/h16-19H,5-15,20-21H2,1-4H3. The Kier molecular flexibility index (Phi) is 17.0. The van der Waals surface area contributed by atoms with E-state index in [1.54, 1.807) is 0 Å². The van der Waals surface area contributed by atoms with Gasteiger partial charge in [0.15, 0.2) is 0 Å². The van der Waals surface area contributed by atoms with Crippen LogP contribution in [0.4, 0.5) is 0 Å². The Labute approximate surface area is 154 Å². The lowest BCUT2D eigenvalue weighted by molar-refractivity contribution is -0.0109. The van der Waals surface area contributed by atoms with Gasteiger partial charge in [-0.1, -0.05) is 19.8 Å². The van der Waals surface area contributed by atoms with Crippen molar-refractivity contribution < 1.29 is 18.9 Å². The first kappa shape index (κ1) is 24.8. The van der Waals surface area contributed by atoms with E-state index in [4.69, 9.17) is 30.4 Å². The third-order valence-corrected chi connectivity index (χ3v) is 3.51. The molecule has 0 saturated carbocycles. The Morgan fingerprint density at radius 3 is 1.68 bits per heavy atom. The highest BCUT2D eigenvalue weighted by molar-refractivity contribution is 4.54. The van der Waals surface area contributed by atoms with E-state index in [9.17, 15) is 0 Å². The molecule has 0 fully saturated rings. The molecule has 0 aliphatic carbocycles.